The maximum absolute atomic E-state index is 11.9. The number of nitrogens with one attached hydrogen (secondary N) is 2. The molecule has 0 heterocycles. The Bertz CT molecular complexity index is 737. The molecular formula is C18H19ClN2O4. The van der Waals surface area contributed by atoms with Gasteiger partial charge in [-0.1, -0.05) is 41.9 Å². The summed E-state index contributed by atoms with van der Waals surface area (Å²) >= 11 is 5.96. The van der Waals surface area contributed by atoms with Crippen molar-refractivity contribution >= 4 is 29.1 Å². The summed E-state index contributed by atoms with van der Waals surface area (Å²) < 4.78 is 5.02. The number of aliphatic hydroxyl groups is 1. The molecule has 0 aliphatic heterocycles. The molecule has 3 N–H and O–H groups in total. The van der Waals surface area contributed by atoms with Gasteiger partial charge in [0.1, 0.15) is 5.75 Å². The molecule has 0 fully saturated rings. The molecule has 0 spiro atoms. The van der Waals surface area contributed by atoms with Gasteiger partial charge in [-0.15, -0.1) is 0 Å². The van der Waals surface area contributed by atoms with E-state index in [2.05, 4.69) is 10.6 Å². The van der Waals surface area contributed by atoms with Gasteiger partial charge in [0.15, 0.2) is 0 Å². The highest BCUT2D eigenvalue weighted by Crippen LogP contribution is 2.27. The van der Waals surface area contributed by atoms with Crippen LogP contribution in [0.4, 0.5) is 5.69 Å². The summed E-state index contributed by atoms with van der Waals surface area (Å²) in [6.07, 6.45) is -0.401. The molecule has 2 aromatic rings. The summed E-state index contributed by atoms with van der Waals surface area (Å²) in [4.78, 5) is 23.7. The lowest BCUT2D eigenvalue weighted by atomic mass is 10.1. The van der Waals surface area contributed by atoms with Crippen molar-refractivity contribution in [1.29, 1.82) is 0 Å². The van der Waals surface area contributed by atoms with Crippen molar-refractivity contribution in [2.24, 2.45) is 0 Å². The van der Waals surface area contributed by atoms with Crippen LogP contribution >= 0.6 is 11.6 Å². The minimum Gasteiger partial charge on any atom is -0.495 e. The molecule has 0 aromatic heterocycles. The largest absolute Gasteiger partial charge is 0.495 e. The van der Waals surface area contributed by atoms with Crippen LogP contribution in [0.2, 0.25) is 5.02 Å². The first-order chi connectivity index (χ1) is 12.0. The van der Waals surface area contributed by atoms with Gasteiger partial charge in [-0.25, -0.2) is 0 Å². The van der Waals surface area contributed by atoms with Crippen molar-refractivity contribution in [3.05, 3.63) is 59.1 Å². The van der Waals surface area contributed by atoms with Gasteiger partial charge in [0.05, 0.1) is 18.2 Å². The predicted octanol–water partition coefficient (Wildman–Crippen LogP) is 2.53. The van der Waals surface area contributed by atoms with E-state index in [4.69, 9.17) is 16.3 Å². The third-order valence-electron chi connectivity index (χ3n) is 3.50. The number of benzene rings is 2. The lowest BCUT2D eigenvalue weighted by Crippen LogP contribution is -2.36. The molecule has 0 aliphatic rings. The fraction of sp³-hybridized carbons (Fsp3) is 0.222. The quantitative estimate of drug-likeness (QED) is 0.689. The Hall–Kier alpha value is -2.57. The molecule has 0 unspecified atom stereocenters. The second-order valence-corrected chi connectivity index (χ2v) is 5.68. The van der Waals surface area contributed by atoms with E-state index in [1.54, 1.807) is 24.3 Å². The number of methoxy groups -OCH3 is 1. The van der Waals surface area contributed by atoms with Crippen molar-refractivity contribution in [2.45, 2.75) is 12.5 Å². The normalized spacial score (nSPS) is 11.5. The van der Waals surface area contributed by atoms with Crippen LogP contribution in [0.1, 0.15) is 18.1 Å². The minimum absolute atomic E-state index is 0.172. The highest BCUT2D eigenvalue weighted by atomic mass is 35.5. The van der Waals surface area contributed by atoms with Gasteiger partial charge in [-0.3, -0.25) is 9.59 Å². The first-order valence-electron chi connectivity index (χ1n) is 7.67. The molecule has 0 saturated carbocycles. The molecule has 0 saturated heterocycles. The average molecular weight is 363 g/mol. The molecule has 25 heavy (non-hydrogen) atoms. The molecule has 0 bridgehead atoms. The van der Waals surface area contributed by atoms with Gasteiger partial charge in [0.2, 0.25) is 0 Å². The fourth-order valence-electron chi connectivity index (χ4n) is 2.18. The van der Waals surface area contributed by atoms with Gasteiger partial charge >= 0.3 is 11.8 Å². The Morgan fingerprint density at radius 2 is 1.88 bits per heavy atom. The number of rotatable bonds is 6. The maximum atomic E-state index is 11.9. The van der Waals surface area contributed by atoms with Crippen molar-refractivity contribution in [2.75, 3.05) is 19.0 Å². The highest BCUT2D eigenvalue weighted by molar-refractivity contribution is 6.40. The summed E-state index contributed by atoms with van der Waals surface area (Å²) in [5, 5.41) is 15.3. The molecule has 2 rings (SSSR count). The van der Waals surface area contributed by atoms with Crippen LogP contribution < -0.4 is 15.4 Å². The molecule has 1 atom stereocenters. The van der Waals surface area contributed by atoms with Gasteiger partial charge < -0.3 is 20.5 Å². The Labute approximate surface area is 150 Å². The molecule has 132 valence electrons. The highest BCUT2D eigenvalue weighted by Gasteiger charge is 2.15. The first kappa shape index (κ1) is 18.8. The third-order valence-corrected chi connectivity index (χ3v) is 3.80. The van der Waals surface area contributed by atoms with Gasteiger partial charge in [-0.05, 0) is 30.2 Å². The molecule has 6 nitrogen and oxygen atoms in total. The van der Waals surface area contributed by atoms with E-state index in [9.17, 15) is 14.7 Å². The van der Waals surface area contributed by atoms with Gasteiger partial charge in [0.25, 0.3) is 0 Å². The number of hydrogen-bond donors (Lipinski definition) is 3. The molecule has 0 aliphatic carbocycles. The van der Waals surface area contributed by atoms with Crippen LogP contribution in [0.25, 0.3) is 0 Å². The van der Waals surface area contributed by atoms with E-state index in [-0.39, 0.29) is 6.54 Å². The monoisotopic (exact) mass is 362 g/mol. The number of halogens is 1. The maximum Gasteiger partial charge on any atom is 0.313 e. The van der Waals surface area contributed by atoms with Crippen LogP contribution in [0.15, 0.2) is 48.5 Å². The Morgan fingerprint density at radius 1 is 1.16 bits per heavy atom. The zero-order chi connectivity index (χ0) is 18.2. The van der Waals surface area contributed by atoms with E-state index < -0.39 is 17.9 Å². The van der Waals surface area contributed by atoms with E-state index in [0.29, 0.717) is 22.9 Å². The van der Waals surface area contributed by atoms with Crippen LogP contribution in [0.5, 0.6) is 5.75 Å². The Kier molecular flexibility index (Phi) is 6.80. The lowest BCUT2D eigenvalue weighted by Gasteiger charge is -2.12. The number of carbonyl (C=O) groups is 2. The number of ether oxygens (including phenoxy) is 1. The minimum atomic E-state index is -0.810. The topological polar surface area (TPSA) is 87.7 Å². The zero-order valence-corrected chi connectivity index (χ0v) is 14.4. The third kappa shape index (κ3) is 5.48. The van der Waals surface area contributed by atoms with Crippen LogP contribution in [0.3, 0.4) is 0 Å². The first-order valence-corrected chi connectivity index (χ1v) is 8.04. The van der Waals surface area contributed by atoms with E-state index in [0.717, 1.165) is 5.56 Å². The SMILES string of the molecule is COc1ccc(NC(=O)C(=O)NCC[C@@H](O)c2ccccc2)cc1Cl. The van der Waals surface area contributed by atoms with Crippen LogP contribution in [-0.2, 0) is 9.59 Å². The second-order valence-electron chi connectivity index (χ2n) is 5.27. The standard InChI is InChI=1S/C18H19ClN2O4/c1-25-16-8-7-13(11-14(16)19)21-18(24)17(23)20-10-9-15(22)12-5-3-2-4-6-12/h2-8,11,15,22H,9-10H2,1H3,(H,20,23)(H,21,24)/t15-/m1/s1. The van der Waals surface area contributed by atoms with Crippen molar-refractivity contribution in [1.82, 2.24) is 5.32 Å². The summed E-state index contributed by atoms with van der Waals surface area (Å²) in [7, 11) is 1.48. The zero-order valence-electron chi connectivity index (χ0n) is 13.7. The summed E-state index contributed by atoms with van der Waals surface area (Å²) in [6.45, 7) is 0.172. The van der Waals surface area contributed by atoms with Crippen molar-refractivity contribution < 1.29 is 19.4 Å². The molecule has 2 amide bonds. The Balaban J connectivity index is 1.80. The van der Waals surface area contributed by atoms with Crippen molar-refractivity contribution in [3.63, 3.8) is 0 Å². The molecule has 7 heteroatoms. The van der Waals surface area contributed by atoms with Gasteiger partial charge in [-0.2, -0.15) is 0 Å². The molecule has 2 aromatic carbocycles. The summed E-state index contributed by atoms with van der Waals surface area (Å²) in [5.41, 5.74) is 1.14. The number of amides is 2. The molecular weight excluding hydrogens is 344 g/mol. The number of anilines is 1. The smallest absolute Gasteiger partial charge is 0.313 e. The second kappa shape index (κ2) is 9.05. The average Bonchev–Trinajstić information content (AvgIpc) is 2.62. The molecule has 0 radical (unpaired) electrons. The summed E-state index contributed by atoms with van der Waals surface area (Å²) in [6, 6.07) is 13.8. The van der Waals surface area contributed by atoms with E-state index in [1.165, 1.54) is 13.2 Å². The number of carbonyl (C=O) groups excluding carboxylic acids is 2. The van der Waals surface area contributed by atoms with Gasteiger partial charge in [0, 0.05) is 12.2 Å². The van der Waals surface area contributed by atoms with E-state index in [1.807, 2.05) is 18.2 Å². The fourth-order valence-corrected chi connectivity index (χ4v) is 2.43. The van der Waals surface area contributed by atoms with Crippen LogP contribution in [0, 0.1) is 0 Å². The van der Waals surface area contributed by atoms with Crippen molar-refractivity contribution in [3.8, 4) is 5.75 Å². The number of aliphatic hydroxyl groups excluding tert-OH is 1. The number of hydrogen-bond acceptors (Lipinski definition) is 4. The predicted molar refractivity (Wildman–Crippen MR) is 95.7 cm³/mol. The van der Waals surface area contributed by atoms with E-state index >= 15 is 0 Å². The van der Waals surface area contributed by atoms with Crippen LogP contribution in [-0.4, -0.2) is 30.6 Å². The lowest BCUT2D eigenvalue weighted by molar-refractivity contribution is -0.136. The summed E-state index contributed by atoms with van der Waals surface area (Å²) in [5.74, 6) is -1.12. The Morgan fingerprint density at radius 3 is 2.52 bits per heavy atom.